The van der Waals surface area contributed by atoms with Crippen LogP contribution in [0.5, 0.6) is 0 Å². The highest BCUT2D eigenvalue weighted by Crippen LogP contribution is 2.64. The van der Waals surface area contributed by atoms with Crippen molar-refractivity contribution in [3.8, 4) is 0 Å². The van der Waals surface area contributed by atoms with E-state index in [1.54, 1.807) is 0 Å². The summed E-state index contributed by atoms with van der Waals surface area (Å²) in [6.07, 6.45) is -13.5. The van der Waals surface area contributed by atoms with Crippen LogP contribution in [0, 0.1) is 5.41 Å². The summed E-state index contributed by atoms with van der Waals surface area (Å²) in [5.41, 5.74) is -2.62. The summed E-state index contributed by atoms with van der Waals surface area (Å²) in [6.45, 7) is 4.76. The lowest BCUT2D eigenvalue weighted by atomic mass is 9.87. The summed E-state index contributed by atoms with van der Waals surface area (Å²) < 4.78 is 250. The van der Waals surface area contributed by atoms with Gasteiger partial charge in [0.25, 0.3) is 0 Å². The van der Waals surface area contributed by atoms with Gasteiger partial charge in [-0.25, -0.2) is 14.4 Å². The smallest absolute Gasteiger partial charge is 0.460 e. The molecule has 0 heterocycles. The van der Waals surface area contributed by atoms with Gasteiger partial charge in [0.2, 0.25) is 0 Å². The number of hydrogen-bond donors (Lipinski definition) is 0. The van der Waals surface area contributed by atoms with Gasteiger partial charge in [-0.1, -0.05) is 19.7 Å². The molecule has 288 valence electrons. The molecule has 0 fully saturated rings. The molecular formula is C25H21F17O8. The Bertz CT molecular complexity index is 1280. The first-order chi connectivity index (χ1) is 22.1. The van der Waals surface area contributed by atoms with Crippen molar-refractivity contribution in [2.24, 2.45) is 5.41 Å². The molecule has 0 saturated carbocycles. The van der Waals surface area contributed by atoms with E-state index in [1.807, 2.05) is 0 Å². The topological polar surface area (TPSA) is 105 Å². The van der Waals surface area contributed by atoms with Gasteiger partial charge in [0, 0.05) is 18.2 Å². The maximum atomic E-state index is 14.7. The van der Waals surface area contributed by atoms with Gasteiger partial charge in [-0.05, 0) is 6.92 Å². The molecule has 0 amide bonds. The number of alkyl halides is 17. The summed E-state index contributed by atoms with van der Waals surface area (Å²) in [4.78, 5) is 47.0. The molecule has 0 aromatic heterocycles. The molecule has 0 aliphatic rings. The maximum Gasteiger partial charge on any atom is 0.460 e. The molecule has 0 spiro atoms. The monoisotopic (exact) mass is 772 g/mol. The lowest BCUT2D eigenvalue weighted by Crippen LogP contribution is -2.74. The molecule has 0 aromatic rings. The van der Waals surface area contributed by atoms with Gasteiger partial charge in [0.05, 0.1) is 6.42 Å². The van der Waals surface area contributed by atoms with Gasteiger partial charge in [-0.2, -0.15) is 74.6 Å². The van der Waals surface area contributed by atoms with Crippen molar-refractivity contribution in [2.75, 3.05) is 19.8 Å². The van der Waals surface area contributed by atoms with E-state index in [2.05, 4.69) is 38.7 Å². The standard InChI is InChI=1S/C25H21F17O8/c1-5-13(43)47-9-12(50-16(46)17(4,10-48-14(44)6-2)11-49-15(45)7-3)8-18(26,27)19(28,29)20(30,31)21(32,33)22(34,35)23(36,37)24(38,39)25(40,41)42/h5-7,12H,1-3,8-11H2,4H3. The second-order valence-electron chi connectivity index (χ2n) is 9.90. The van der Waals surface area contributed by atoms with Crippen molar-refractivity contribution < 1.29 is 113 Å². The molecule has 25 heteroatoms. The predicted molar refractivity (Wildman–Crippen MR) is 127 cm³/mol. The van der Waals surface area contributed by atoms with Gasteiger partial charge in [0.1, 0.15) is 31.3 Å². The van der Waals surface area contributed by atoms with E-state index in [9.17, 15) is 93.8 Å². The molecule has 0 aliphatic carbocycles. The van der Waals surface area contributed by atoms with Crippen molar-refractivity contribution in [3.63, 3.8) is 0 Å². The fraction of sp³-hybridized carbons (Fsp3) is 0.600. The Balaban J connectivity index is 6.97. The van der Waals surface area contributed by atoms with Crippen LogP contribution in [0.1, 0.15) is 13.3 Å². The van der Waals surface area contributed by atoms with Crippen LogP contribution in [-0.2, 0) is 38.1 Å². The Hall–Kier alpha value is -4.09. The van der Waals surface area contributed by atoms with Crippen LogP contribution in [-0.4, -0.2) is 97.4 Å². The predicted octanol–water partition coefficient (Wildman–Crippen LogP) is 6.49. The summed E-state index contributed by atoms with van der Waals surface area (Å²) in [6, 6.07) is 0. The van der Waals surface area contributed by atoms with Crippen LogP contribution in [0.25, 0.3) is 0 Å². The van der Waals surface area contributed by atoms with Gasteiger partial charge in [-0.3, -0.25) is 4.79 Å². The quantitative estimate of drug-likeness (QED) is 0.0636. The van der Waals surface area contributed by atoms with Crippen LogP contribution in [0.3, 0.4) is 0 Å². The molecule has 0 bridgehead atoms. The summed E-state index contributed by atoms with van der Waals surface area (Å²) in [5.74, 6) is -65.2. The van der Waals surface area contributed by atoms with E-state index in [0.29, 0.717) is 19.1 Å². The van der Waals surface area contributed by atoms with Crippen LogP contribution >= 0.6 is 0 Å². The lowest BCUT2D eigenvalue weighted by Gasteiger charge is -2.43. The van der Waals surface area contributed by atoms with Crippen LogP contribution in [0.4, 0.5) is 74.6 Å². The third kappa shape index (κ3) is 8.61. The van der Waals surface area contributed by atoms with E-state index in [4.69, 9.17) is 0 Å². The Morgan fingerprint density at radius 3 is 1.20 bits per heavy atom. The van der Waals surface area contributed by atoms with Crippen molar-refractivity contribution in [3.05, 3.63) is 38.0 Å². The average molecular weight is 772 g/mol. The van der Waals surface area contributed by atoms with E-state index in [-0.39, 0.29) is 6.08 Å². The van der Waals surface area contributed by atoms with Crippen LogP contribution in [0.15, 0.2) is 38.0 Å². The van der Waals surface area contributed by atoms with E-state index in [0.717, 1.165) is 0 Å². The Labute approximate surface area is 267 Å². The van der Waals surface area contributed by atoms with E-state index < -0.39 is 109 Å². The Kier molecular flexibility index (Phi) is 13.8. The highest BCUT2D eigenvalue weighted by atomic mass is 19.4. The van der Waals surface area contributed by atoms with Crippen molar-refractivity contribution in [1.29, 1.82) is 0 Å². The maximum absolute atomic E-state index is 14.7. The van der Waals surface area contributed by atoms with Crippen molar-refractivity contribution in [2.45, 2.75) is 67.1 Å². The molecule has 50 heavy (non-hydrogen) atoms. The second-order valence-corrected chi connectivity index (χ2v) is 9.90. The Morgan fingerprint density at radius 2 is 0.860 bits per heavy atom. The largest absolute Gasteiger partial charge is 0.461 e. The number of ether oxygens (including phenoxy) is 4. The minimum Gasteiger partial charge on any atom is -0.461 e. The number of carbonyl (C=O) groups is 4. The average Bonchev–Trinajstić information content (AvgIpc) is 2.99. The summed E-state index contributed by atoms with van der Waals surface area (Å²) in [5, 5.41) is 0. The number of carbonyl (C=O) groups excluding carboxylic acids is 4. The number of esters is 4. The molecule has 0 saturated heterocycles. The third-order valence-corrected chi connectivity index (χ3v) is 6.02. The van der Waals surface area contributed by atoms with Gasteiger partial charge < -0.3 is 18.9 Å². The molecule has 1 atom stereocenters. The minimum atomic E-state index is -8.87. The van der Waals surface area contributed by atoms with Crippen LogP contribution in [0.2, 0.25) is 0 Å². The lowest BCUT2D eigenvalue weighted by molar-refractivity contribution is -0.462. The first kappa shape index (κ1) is 45.9. The summed E-state index contributed by atoms with van der Waals surface area (Å²) >= 11 is 0. The van der Waals surface area contributed by atoms with Crippen molar-refractivity contribution in [1.82, 2.24) is 0 Å². The fourth-order valence-corrected chi connectivity index (χ4v) is 3.01. The molecule has 0 rings (SSSR count). The number of hydrogen-bond acceptors (Lipinski definition) is 8. The SMILES string of the molecule is C=CC(=O)OCC(CC(F)(F)C(F)(F)C(F)(F)C(F)(F)C(F)(F)C(F)(F)C(F)(F)C(F)(F)F)OC(=O)C(C)(COC(=O)C=C)COC(=O)C=C. The van der Waals surface area contributed by atoms with E-state index in [1.165, 1.54) is 0 Å². The van der Waals surface area contributed by atoms with Gasteiger partial charge in [-0.15, -0.1) is 0 Å². The zero-order chi connectivity index (χ0) is 40.2. The fourth-order valence-electron chi connectivity index (χ4n) is 3.01. The number of rotatable bonds is 19. The highest BCUT2D eigenvalue weighted by molar-refractivity contribution is 5.84. The molecular weight excluding hydrogens is 751 g/mol. The summed E-state index contributed by atoms with van der Waals surface area (Å²) in [7, 11) is 0. The zero-order valence-corrected chi connectivity index (χ0v) is 24.5. The molecule has 0 aliphatic heterocycles. The highest BCUT2D eigenvalue weighted by Gasteiger charge is 2.95. The van der Waals surface area contributed by atoms with E-state index >= 15 is 0 Å². The van der Waals surface area contributed by atoms with Gasteiger partial charge >= 0.3 is 71.5 Å². The molecule has 0 N–H and O–H groups in total. The van der Waals surface area contributed by atoms with Gasteiger partial charge in [0.15, 0.2) is 0 Å². The van der Waals surface area contributed by atoms with Crippen molar-refractivity contribution >= 4 is 23.9 Å². The second kappa shape index (κ2) is 15.0. The normalized spacial score (nSPS) is 14.6. The molecule has 1 unspecified atom stereocenters. The Morgan fingerprint density at radius 1 is 0.540 bits per heavy atom. The molecule has 8 nitrogen and oxygen atoms in total. The first-order valence-corrected chi connectivity index (χ1v) is 12.4. The number of halogens is 17. The minimum absolute atomic E-state index is 0.201. The molecule has 0 aromatic carbocycles. The molecule has 0 radical (unpaired) electrons. The van der Waals surface area contributed by atoms with Crippen LogP contribution < -0.4 is 0 Å². The zero-order valence-electron chi connectivity index (χ0n) is 24.5. The third-order valence-electron chi connectivity index (χ3n) is 6.02. The first-order valence-electron chi connectivity index (χ1n) is 12.4.